The zero-order valence-electron chi connectivity index (χ0n) is 15.7. The van der Waals surface area contributed by atoms with E-state index < -0.39 is 0 Å². The molecule has 3 rings (SSSR count). The van der Waals surface area contributed by atoms with Crippen molar-refractivity contribution in [3.05, 3.63) is 66.2 Å². The minimum Gasteiger partial charge on any atom is -0.497 e. The Kier molecular flexibility index (Phi) is 5.48. The van der Waals surface area contributed by atoms with E-state index in [0.29, 0.717) is 29.2 Å². The lowest BCUT2D eigenvalue weighted by Crippen LogP contribution is -2.05. The van der Waals surface area contributed by atoms with Crippen LogP contribution in [0.3, 0.4) is 0 Å². The number of hydrogen-bond donors (Lipinski definition) is 1. The fourth-order valence-corrected chi connectivity index (χ4v) is 3.01. The molecule has 0 bridgehead atoms. The maximum Gasteiger partial charge on any atom is 0.142 e. The Balaban J connectivity index is 2.16. The van der Waals surface area contributed by atoms with Crippen LogP contribution in [0.25, 0.3) is 21.9 Å². The first kappa shape index (κ1) is 18.8. The molecule has 1 N–H and O–H groups in total. The lowest BCUT2D eigenvalue weighted by Gasteiger charge is -2.15. The Labute approximate surface area is 164 Å². The molecule has 0 aromatic heterocycles. The molecule has 0 saturated carbocycles. The first-order chi connectivity index (χ1) is 13.6. The molecule has 5 heteroatoms. The highest BCUT2D eigenvalue weighted by Gasteiger charge is 2.11. The second-order valence-electron chi connectivity index (χ2n) is 6.21. The van der Waals surface area contributed by atoms with Crippen LogP contribution in [0.15, 0.2) is 60.7 Å². The smallest absolute Gasteiger partial charge is 0.142 e. The quantitative estimate of drug-likeness (QED) is 0.626. The Bertz CT molecular complexity index is 1140. The zero-order chi connectivity index (χ0) is 20.1. The highest BCUT2D eigenvalue weighted by Crippen LogP contribution is 2.36. The summed E-state index contributed by atoms with van der Waals surface area (Å²) in [5, 5.41) is 23.5. The first-order valence-electron chi connectivity index (χ1n) is 8.61. The number of nitrogens with zero attached hydrogens (tertiary/aromatic N) is 2. The second kappa shape index (κ2) is 8.16. The normalized spacial score (nSPS) is 10.0. The van der Waals surface area contributed by atoms with Gasteiger partial charge >= 0.3 is 0 Å². The van der Waals surface area contributed by atoms with Crippen LogP contribution in [0.2, 0.25) is 0 Å². The molecular weight excluding hydrogens is 350 g/mol. The zero-order valence-corrected chi connectivity index (χ0v) is 15.7. The van der Waals surface area contributed by atoms with Crippen LogP contribution in [0.5, 0.6) is 11.5 Å². The molecule has 0 heterocycles. The molecule has 0 aliphatic heterocycles. The largest absolute Gasteiger partial charge is 0.497 e. The van der Waals surface area contributed by atoms with Gasteiger partial charge in [-0.05, 0) is 46.8 Å². The highest BCUT2D eigenvalue weighted by molar-refractivity contribution is 5.99. The van der Waals surface area contributed by atoms with E-state index in [-0.39, 0.29) is 0 Å². The van der Waals surface area contributed by atoms with Gasteiger partial charge in [0.15, 0.2) is 0 Å². The molecule has 138 valence electrons. The maximum absolute atomic E-state index is 9.29. The predicted octanol–water partition coefficient (Wildman–Crippen LogP) is 4.89. The average Bonchev–Trinajstić information content (AvgIpc) is 2.76. The van der Waals surface area contributed by atoms with Crippen LogP contribution in [-0.2, 0) is 0 Å². The summed E-state index contributed by atoms with van der Waals surface area (Å²) in [6, 6.07) is 19.5. The van der Waals surface area contributed by atoms with E-state index in [1.54, 1.807) is 20.3 Å². The number of benzene rings is 3. The van der Waals surface area contributed by atoms with Gasteiger partial charge in [0, 0.05) is 17.5 Å². The van der Waals surface area contributed by atoms with E-state index in [2.05, 4.69) is 18.0 Å². The fourth-order valence-electron chi connectivity index (χ4n) is 3.01. The molecule has 0 saturated heterocycles. The number of nitriles is 2. The summed E-state index contributed by atoms with van der Waals surface area (Å²) in [6.07, 6.45) is 0. The summed E-state index contributed by atoms with van der Waals surface area (Å²) in [5.41, 5.74) is 3.58. The summed E-state index contributed by atoms with van der Waals surface area (Å²) in [4.78, 5) is 0. The van der Waals surface area contributed by atoms with Crippen molar-refractivity contribution in [3.63, 3.8) is 0 Å². The topological polar surface area (TPSA) is 78.1 Å². The van der Waals surface area contributed by atoms with Gasteiger partial charge in [0.05, 0.1) is 37.6 Å². The van der Waals surface area contributed by atoms with Gasteiger partial charge in [-0.3, -0.25) is 0 Å². The summed E-state index contributed by atoms with van der Waals surface area (Å²) in [7, 11) is 3.19. The van der Waals surface area contributed by atoms with E-state index in [1.165, 1.54) is 0 Å². The Hall–Kier alpha value is -3.96. The number of methoxy groups -OCH3 is 2. The molecule has 5 nitrogen and oxygen atoms in total. The van der Waals surface area contributed by atoms with Crippen molar-refractivity contribution in [1.29, 1.82) is 10.5 Å². The Morgan fingerprint density at radius 2 is 1.79 bits per heavy atom. The van der Waals surface area contributed by atoms with Crippen molar-refractivity contribution in [3.8, 4) is 34.8 Å². The predicted molar refractivity (Wildman–Crippen MR) is 110 cm³/mol. The van der Waals surface area contributed by atoms with Crippen molar-refractivity contribution < 1.29 is 9.47 Å². The van der Waals surface area contributed by atoms with Gasteiger partial charge in [0.25, 0.3) is 0 Å². The molecule has 0 unspecified atom stereocenters. The van der Waals surface area contributed by atoms with Gasteiger partial charge in [-0.15, -0.1) is 0 Å². The van der Waals surface area contributed by atoms with Crippen LogP contribution in [0.4, 0.5) is 5.69 Å². The minimum absolute atomic E-state index is 0.327. The number of nitrogens with one attached hydrogen (secondary N) is 1. The molecule has 3 aromatic rings. The molecule has 0 fully saturated rings. The van der Waals surface area contributed by atoms with Gasteiger partial charge in [0.2, 0.25) is 0 Å². The van der Waals surface area contributed by atoms with E-state index in [0.717, 1.165) is 27.6 Å². The van der Waals surface area contributed by atoms with Gasteiger partial charge in [-0.1, -0.05) is 24.8 Å². The average molecular weight is 369 g/mol. The molecule has 0 atom stereocenters. The highest BCUT2D eigenvalue weighted by atomic mass is 16.5. The molecule has 28 heavy (non-hydrogen) atoms. The van der Waals surface area contributed by atoms with Crippen LogP contribution in [0, 0.1) is 22.7 Å². The Morgan fingerprint density at radius 1 is 1.00 bits per heavy atom. The van der Waals surface area contributed by atoms with Gasteiger partial charge in [-0.2, -0.15) is 10.5 Å². The van der Waals surface area contributed by atoms with E-state index in [1.807, 2.05) is 48.5 Å². The van der Waals surface area contributed by atoms with Crippen LogP contribution in [0.1, 0.15) is 5.56 Å². The third-order valence-corrected chi connectivity index (χ3v) is 4.44. The Morgan fingerprint density at radius 3 is 2.46 bits per heavy atom. The summed E-state index contributed by atoms with van der Waals surface area (Å²) in [6.45, 7) is 4.05. The van der Waals surface area contributed by atoms with Crippen LogP contribution >= 0.6 is 0 Å². The molecular formula is C23H19N3O2. The van der Waals surface area contributed by atoms with E-state index in [9.17, 15) is 5.26 Å². The van der Waals surface area contributed by atoms with Gasteiger partial charge < -0.3 is 14.8 Å². The third-order valence-electron chi connectivity index (χ3n) is 4.44. The van der Waals surface area contributed by atoms with Crippen molar-refractivity contribution in [2.45, 2.75) is 0 Å². The molecule has 0 aliphatic carbocycles. The van der Waals surface area contributed by atoms with Gasteiger partial charge in [0.1, 0.15) is 11.5 Å². The lowest BCUT2D eigenvalue weighted by atomic mass is 9.98. The molecule has 3 aromatic carbocycles. The molecule has 0 aliphatic rings. The van der Waals surface area contributed by atoms with E-state index >= 15 is 0 Å². The summed E-state index contributed by atoms with van der Waals surface area (Å²) >= 11 is 0. The SMILES string of the molecule is C=C(C#N)CNc1c(OC)ccc2ccc(-c3cc(C#N)cc(OC)c3)cc12. The monoisotopic (exact) mass is 369 g/mol. The minimum atomic E-state index is 0.327. The molecule has 0 amide bonds. The fraction of sp³-hybridized carbons (Fsp3) is 0.130. The van der Waals surface area contributed by atoms with E-state index in [4.69, 9.17) is 14.7 Å². The lowest BCUT2D eigenvalue weighted by molar-refractivity contribution is 0.415. The maximum atomic E-state index is 9.29. The summed E-state index contributed by atoms with van der Waals surface area (Å²) in [5.74, 6) is 1.31. The van der Waals surface area contributed by atoms with Crippen molar-refractivity contribution >= 4 is 16.5 Å². The molecule has 0 spiro atoms. The number of hydrogen-bond acceptors (Lipinski definition) is 5. The van der Waals surface area contributed by atoms with Crippen molar-refractivity contribution in [2.24, 2.45) is 0 Å². The number of fused-ring (bicyclic) bond motifs is 1. The number of ether oxygens (including phenoxy) is 2. The third kappa shape index (κ3) is 3.75. The van der Waals surface area contributed by atoms with Crippen molar-refractivity contribution in [2.75, 3.05) is 26.1 Å². The summed E-state index contributed by atoms with van der Waals surface area (Å²) < 4.78 is 10.8. The van der Waals surface area contributed by atoms with Crippen LogP contribution in [-0.4, -0.2) is 20.8 Å². The number of rotatable bonds is 6. The standard InChI is InChI=1S/C23H19N3O2/c1-15(12-24)14-26-23-21-11-18(5-4-17(21)6-7-22(23)28-3)19-8-16(13-25)9-20(10-19)27-2/h4-11,26H,1,14H2,2-3H3. The van der Waals surface area contributed by atoms with Crippen molar-refractivity contribution in [1.82, 2.24) is 0 Å². The van der Waals surface area contributed by atoms with Crippen LogP contribution < -0.4 is 14.8 Å². The number of anilines is 1. The molecule has 0 radical (unpaired) electrons. The second-order valence-corrected chi connectivity index (χ2v) is 6.21. The van der Waals surface area contributed by atoms with Gasteiger partial charge in [-0.25, -0.2) is 0 Å². The first-order valence-corrected chi connectivity index (χ1v) is 8.61.